The average molecular weight is 407 g/mol. The molecule has 146 valence electrons. The van der Waals surface area contributed by atoms with Gasteiger partial charge in [0.05, 0.1) is 17.3 Å². The summed E-state index contributed by atoms with van der Waals surface area (Å²) in [6.07, 6.45) is 1.44. The molecule has 0 aliphatic rings. The Bertz CT molecular complexity index is 1240. The smallest absolute Gasteiger partial charge is 0.292 e. The van der Waals surface area contributed by atoms with Crippen molar-refractivity contribution in [3.05, 3.63) is 87.9 Å². The van der Waals surface area contributed by atoms with Crippen molar-refractivity contribution in [3.63, 3.8) is 0 Å². The predicted octanol–water partition coefficient (Wildman–Crippen LogP) is 5.75. The van der Waals surface area contributed by atoms with Gasteiger partial charge in [-0.05, 0) is 55.8 Å². The van der Waals surface area contributed by atoms with Gasteiger partial charge in [-0.2, -0.15) is 0 Å². The fourth-order valence-electron chi connectivity index (χ4n) is 3.48. The topological polar surface area (TPSA) is 64.2 Å². The van der Waals surface area contributed by atoms with Crippen LogP contribution in [0.4, 0.5) is 5.82 Å². The van der Waals surface area contributed by atoms with Gasteiger partial charge >= 0.3 is 0 Å². The predicted molar refractivity (Wildman–Crippen MR) is 116 cm³/mol. The Morgan fingerprint density at radius 1 is 1.03 bits per heavy atom. The molecule has 0 spiro atoms. The molecular formula is C23H19ClN2O3. The standard InChI is InChI=1S/C23H19ClN2O3/c1-14(2)26-18-7-4-3-6-17(18)21(27)20(15-9-11-16(24)12-10-15)22(26)25-23(28)19-8-5-13-29-19/h3-14H,1-2H3,(H,25,28). The van der Waals surface area contributed by atoms with Crippen LogP contribution in [0.15, 0.2) is 76.1 Å². The first-order valence-corrected chi connectivity index (χ1v) is 9.63. The maximum absolute atomic E-state index is 13.5. The summed E-state index contributed by atoms with van der Waals surface area (Å²) >= 11 is 6.04. The van der Waals surface area contributed by atoms with Crippen LogP contribution in [0.5, 0.6) is 0 Å². The van der Waals surface area contributed by atoms with Crippen LogP contribution in [0.25, 0.3) is 22.0 Å². The summed E-state index contributed by atoms with van der Waals surface area (Å²) in [4.78, 5) is 26.3. The van der Waals surface area contributed by atoms with Crippen molar-refractivity contribution < 1.29 is 9.21 Å². The number of fused-ring (bicyclic) bond motifs is 1. The third-order valence-electron chi connectivity index (χ3n) is 4.74. The zero-order valence-electron chi connectivity index (χ0n) is 16.0. The van der Waals surface area contributed by atoms with Crippen LogP contribution < -0.4 is 10.7 Å². The molecule has 6 heteroatoms. The molecule has 4 aromatic rings. The summed E-state index contributed by atoms with van der Waals surface area (Å²) in [6, 6.07) is 17.6. The number of furan rings is 1. The molecule has 4 rings (SSSR count). The number of halogens is 1. The Morgan fingerprint density at radius 3 is 2.41 bits per heavy atom. The minimum Gasteiger partial charge on any atom is -0.459 e. The lowest BCUT2D eigenvalue weighted by molar-refractivity contribution is 0.0996. The summed E-state index contributed by atoms with van der Waals surface area (Å²) in [6.45, 7) is 4.01. The van der Waals surface area contributed by atoms with Crippen LogP contribution in [0.3, 0.4) is 0 Å². The number of benzene rings is 2. The van der Waals surface area contributed by atoms with E-state index in [4.69, 9.17) is 16.0 Å². The number of carbonyl (C=O) groups is 1. The Balaban J connectivity index is 2.05. The number of hydrogen-bond donors (Lipinski definition) is 1. The molecule has 0 radical (unpaired) electrons. The highest BCUT2D eigenvalue weighted by molar-refractivity contribution is 6.30. The lowest BCUT2D eigenvalue weighted by atomic mass is 10.0. The number of nitrogens with one attached hydrogen (secondary N) is 1. The number of anilines is 1. The summed E-state index contributed by atoms with van der Waals surface area (Å²) in [5.74, 6) is 0.171. The van der Waals surface area contributed by atoms with E-state index in [1.54, 1.807) is 42.5 Å². The first-order valence-electron chi connectivity index (χ1n) is 9.25. The van der Waals surface area contributed by atoms with Gasteiger partial charge in [0.15, 0.2) is 11.2 Å². The Labute approximate surface area is 172 Å². The number of rotatable bonds is 4. The van der Waals surface area contributed by atoms with Crippen molar-refractivity contribution in [1.82, 2.24) is 4.57 Å². The molecule has 0 bridgehead atoms. The normalized spacial score (nSPS) is 11.2. The van der Waals surface area contributed by atoms with Crippen molar-refractivity contribution >= 4 is 34.2 Å². The first kappa shape index (κ1) is 19.0. The quantitative estimate of drug-likeness (QED) is 0.469. The molecule has 0 aliphatic carbocycles. The molecule has 5 nitrogen and oxygen atoms in total. The van der Waals surface area contributed by atoms with E-state index in [9.17, 15) is 9.59 Å². The van der Waals surface area contributed by atoms with Crippen molar-refractivity contribution in [3.8, 4) is 11.1 Å². The van der Waals surface area contributed by atoms with Crippen LogP contribution >= 0.6 is 11.6 Å². The largest absolute Gasteiger partial charge is 0.459 e. The van der Waals surface area contributed by atoms with Crippen LogP contribution in [0, 0.1) is 0 Å². The molecule has 2 heterocycles. The number of aromatic nitrogens is 1. The Kier molecular flexibility index (Phi) is 4.99. The molecule has 1 N–H and O–H groups in total. The van der Waals surface area contributed by atoms with Crippen LogP contribution in [0.2, 0.25) is 5.02 Å². The van der Waals surface area contributed by atoms with Crippen molar-refractivity contribution in [2.75, 3.05) is 5.32 Å². The zero-order chi connectivity index (χ0) is 20.5. The number of nitrogens with zero attached hydrogens (tertiary/aromatic N) is 1. The van der Waals surface area contributed by atoms with Gasteiger partial charge in [0.25, 0.3) is 5.91 Å². The van der Waals surface area contributed by atoms with Crippen LogP contribution in [0.1, 0.15) is 30.4 Å². The highest BCUT2D eigenvalue weighted by Crippen LogP contribution is 2.32. The fraction of sp³-hybridized carbons (Fsp3) is 0.130. The third-order valence-corrected chi connectivity index (χ3v) is 4.99. The van der Waals surface area contributed by atoms with Gasteiger partial charge in [0.2, 0.25) is 0 Å². The Morgan fingerprint density at radius 2 is 1.76 bits per heavy atom. The molecule has 1 amide bonds. The van der Waals surface area contributed by atoms with E-state index in [1.165, 1.54) is 6.26 Å². The van der Waals surface area contributed by atoms with E-state index in [2.05, 4.69) is 5.32 Å². The number of pyridine rings is 1. The van der Waals surface area contributed by atoms with E-state index in [-0.39, 0.29) is 17.2 Å². The third kappa shape index (κ3) is 3.45. The van der Waals surface area contributed by atoms with Crippen LogP contribution in [-0.2, 0) is 0 Å². The van der Waals surface area contributed by atoms with E-state index >= 15 is 0 Å². The molecular weight excluding hydrogens is 388 g/mol. The van der Waals surface area contributed by atoms with E-state index in [0.717, 1.165) is 5.52 Å². The molecule has 0 aliphatic heterocycles. The summed E-state index contributed by atoms with van der Waals surface area (Å²) < 4.78 is 7.19. The van der Waals surface area contributed by atoms with Crippen LogP contribution in [-0.4, -0.2) is 10.5 Å². The maximum Gasteiger partial charge on any atom is 0.292 e. The van der Waals surface area contributed by atoms with Gasteiger partial charge in [-0.1, -0.05) is 35.9 Å². The highest BCUT2D eigenvalue weighted by atomic mass is 35.5. The minimum absolute atomic E-state index is 0.0153. The number of carbonyl (C=O) groups excluding carboxylic acids is 1. The second-order valence-electron chi connectivity index (χ2n) is 6.97. The molecule has 0 fully saturated rings. The lowest BCUT2D eigenvalue weighted by Crippen LogP contribution is -2.23. The first-order chi connectivity index (χ1) is 14.0. The highest BCUT2D eigenvalue weighted by Gasteiger charge is 2.22. The van der Waals surface area contributed by atoms with Crippen molar-refractivity contribution in [1.29, 1.82) is 0 Å². The van der Waals surface area contributed by atoms with E-state index in [1.807, 2.05) is 36.6 Å². The maximum atomic E-state index is 13.5. The second-order valence-corrected chi connectivity index (χ2v) is 7.41. The average Bonchev–Trinajstić information content (AvgIpc) is 3.24. The van der Waals surface area contributed by atoms with Gasteiger partial charge in [-0.25, -0.2) is 0 Å². The number of para-hydroxylation sites is 1. The molecule has 2 aromatic carbocycles. The van der Waals surface area contributed by atoms with E-state index < -0.39 is 5.91 Å². The van der Waals surface area contributed by atoms with Gasteiger partial charge in [0.1, 0.15) is 5.82 Å². The molecule has 2 aromatic heterocycles. The van der Waals surface area contributed by atoms with Gasteiger partial charge in [0, 0.05) is 16.5 Å². The Hall–Kier alpha value is -3.31. The van der Waals surface area contributed by atoms with Gasteiger partial charge < -0.3 is 14.3 Å². The summed E-state index contributed by atoms with van der Waals surface area (Å²) in [7, 11) is 0. The SMILES string of the molecule is CC(C)n1c(NC(=O)c2ccco2)c(-c2ccc(Cl)cc2)c(=O)c2ccccc21. The second kappa shape index (κ2) is 7.60. The van der Waals surface area contributed by atoms with Crippen molar-refractivity contribution in [2.24, 2.45) is 0 Å². The number of amides is 1. The molecule has 0 atom stereocenters. The molecule has 0 unspecified atom stereocenters. The zero-order valence-corrected chi connectivity index (χ0v) is 16.7. The lowest BCUT2D eigenvalue weighted by Gasteiger charge is -2.23. The monoisotopic (exact) mass is 406 g/mol. The minimum atomic E-state index is -0.422. The van der Waals surface area contributed by atoms with E-state index in [0.29, 0.717) is 27.4 Å². The molecule has 0 saturated heterocycles. The fourth-order valence-corrected chi connectivity index (χ4v) is 3.61. The summed E-state index contributed by atoms with van der Waals surface area (Å²) in [5, 5.41) is 4.06. The number of hydrogen-bond acceptors (Lipinski definition) is 3. The molecule has 29 heavy (non-hydrogen) atoms. The van der Waals surface area contributed by atoms with Crippen molar-refractivity contribution in [2.45, 2.75) is 19.9 Å². The van der Waals surface area contributed by atoms with Gasteiger partial charge in [-0.3, -0.25) is 9.59 Å². The van der Waals surface area contributed by atoms with Gasteiger partial charge in [-0.15, -0.1) is 0 Å². The summed E-state index contributed by atoms with van der Waals surface area (Å²) in [5.41, 5.74) is 1.68. The molecule has 0 saturated carbocycles.